The number of benzene rings is 1. The molecule has 2 rings (SSSR count). The molecule has 0 saturated heterocycles. The van der Waals surface area contributed by atoms with Crippen LogP contribution in [0.1, 0.15) is 55.7 Å². The van der Waals surface area contributed by atoms with E-state index in [0.717, 1.165) is 18.4 Å². The minimum atomic E-state index is -0.198. The molecule has 1 nitrogen and oxygen atoms in total. The maximum absolute atomic E-state index is 13.7. The van der Waals surface area contributed by atoms with Crippen molar-refractivity contribution < 1.29 is 9.18 Å². The van der Waals surface area contributed by atoms with E-state index < -0.39 is 0 Å². The molecule has 2 heteroatoms. The van der Waals surface area contributed by atoms with Crippen LogP contribution in [0.5, 0.6) is 0 Å². The molecule has 1 fully saturated rings. The molecular formula is C16H21FO. The number of halogens is 1. The highest BCUT2D eigenvalue weighted by atomic mass is 19.1. The van der Waals surface area contributed by atoms with Crippen LogP contribution in [-0.4, -0.2) is 5.78 Å². The summed E-state index contributed by atoms with van der Waals surface area (Å²) >= 11 is 0. The van der Waals surface area contributed by atoms with Crippen molar-refractivity contribution in [3.8, 4) is 0 Å². The van der Waals surface area contributed by atoms with Crippen LogP contribution in [0.2, 0.25) is 0 Å². The van der Waals surface area contributed by atoms with Gasteiger partial charge in [0.25, 0.3) is 0 Å². The van der Waals surface area contributed by atoms with Crippen LogP contribution in [-0.2, 0) is 4.79 Å². The predicted molar refractivity (Wildman–Crippen MR) is 71.3 cm³/mol. The zero-order chi connectivity index (χ0) is 13.5. The summed E-state index contributed by atoms with van der Waals surface area (Å²) in [7, 11) is 0. The summed E-state index contributed by atoms with van der Waals surface area (Å²) in [6.45, 7) is 7.76. The molecular weight excluding hydrogens is 227 g/mol. The van der Waals surface area contributed by atoms with Crippen molar-refractivity contribution in [3.05, 3.63) is 34.6 Å². The van der Waals surface area contributed by atoms with Crippen LogP contribution in [0.15, 0.2) is 12.1 Å². The number of hydrogen-bond donors (Lipinski definition) is 0. The van der Waals surface area contributed by atoms with E-state index in [2.05, 4.69) is 13.8 Å². The van der Waals surface area contributed by atoms with Crippen molar-refractivity contribution in [3.63, 3.8) is 0 Å². The van der Waals surface area contributed by atoms with Gasteiger partial charge >= 0.3 is 0 Å². The molecule has 1 saturated carbocycles. The smallest absolute Gasteiger partial charge is 0.140 e. The fourth-order valence-electron chi connectivity index (χ4n) is 3.40. The maximum Gasteiger partial charge on any atom is 0.140 e. The Morgan fingerprint density at radius 3 is 2.11 bits per heavy atom. The Hall–Kier alpha value is -1.18. The highest BCUT2D eigenvalue weighted by Gasteiger charge is 2.52. The van der Waals surface area contributed by atoms with Crippen LogP contribution >= 0.6 is 0 Å². The van der Waals surface area contributed by atoms with E-state index in [1.54, 1.807) is 13.8 Å². The number of Topliss-reactive ketones (excluding diaryl/α,β-unsaturated/α-hetero) is 1. The van der Waals surface area contributed by atoms with Crippen LogP contribution in [0.4, 0.5) is 4.39 Å². The van der Waals surface area contributed by atoms with Gasteiger partial charge < -0.3 is 0 Å². The second-order valence-corrected chi connectivity index (χ2v) is 5.51. The first-order valence-corrected chi connectivity index (χ1v) is 6.76. The van der Waals surface area contributed by atoms with Gasteiger partial charge in [0.15, 0.2) is 0 Å². The summed E-state index contributed by atoms with van der Waals surface area (Å²) < 4.78 is 13.7. The molecule has 0 N–H and O–H groups in total. The molecule has 0 spiro atoms. The van der Waals surface area contributed by atoms with Crippen molar-refractivity contribution in [2.24, 2.45) is 5.41 Å². The number of ketones is 1. The third kappa shape index (κ3) is 1.70. The Balaban J connectivity index is 2.42. The topological polar surface area (TPSA) is 17.1 Å². The Bertz CT molecular complexity index is 463. The Morgan fingerprint density at radius 1 is 1.22 bits per heavy atom. The van der Waals surface area contributed by atoms with Gasteiger partial charge in [0.05, 0.1) is 0 Å². The highest BCUT2D eigenvalue weighted by Crippen LogP contribution is 2.54. The molecule has 98 valence electrons. The van der Waals surface area contributed by atoms with Gasteiger partial charge in [-0.1, -0.05) is 26.0 Å². The zero-order valence-electron chi connectivity index (χ0n) is 11.6. The number of carbonyl (C=O) groups excluding carboxylic acids is 1. The highest BCUT2D eigenvalue weighted by molar-refractivity contribution is 5.93. The Kier molecular flexibility index (Phi) is 3.31. The van der Waals surface area contributed by atoms with E-state index >= 15 is 0 Å². The third-order valence-corrected chi connectivity index (χ3v) is 4.73. The molecule has 0 bridgehead atoms. The molecule has 0 aromatic heterocycles. The van der Waals surface area contributed by atoms with Gasteiger partial charge in [-0.25, -0.2) is 4.39 Å². The Morgan fingerprint density at radius 2 is 1.72 bits per heavy atom. The summed E-state index contributed by atoms with van der Waals surface area (Å²) in [5, 5.41) is 0. The van der Waals surface area contributed by atoms with Gasteiger partial charge in [-0.15, -0.1) is 0 Å². The fourth-order valence-corrected chi connectivity index (χ4v) is 3.40. The Labute approximate surface area is 108 Å². The standard InChI is InChI=1S/C16H21FO/c1-5-16(6-2)13(9-14(16)18)12-7-10(3)15(17)11(4)8-12/h7-8,13H,5-6,9H2,1-4H3. The first-order valence-electron chi connectivity index (χ1n) is 6.76. The largest absolute Gasteiger partial charge is 0.299 e. The second-order valence-electron chi connectivity index (χ2n) is 5.51. The van der Waals surface area contributed by atoms with E-state index in [-0.39, 0.29) is 17.2 Å². The number of carbonyl (C=O) groups is 1. The van der Waals surface area contributed by atoms with Crippen LogP contribution in [0, 0.1) is 25.1 Å². The monoisotopic (exact) mass is 248 g/mol. The first-order chi connectivity index (χ1) is 8.46. The maximum atomic E-state index is 13.7. The van der Waals surface area contributed by atoms with Crippen molar-refractivity contribution in [1.82, 2.24) is 0 Å². The van der Waals surface area contributed by atoms with Gasteiger partial charge in [-0.3, -0.25) is 4.79 Å². The van der Waals surface area contributed by atoms with Crippen LogP contribution < -0.4 is 0 Å². The minimum absolute atomic E-state index is 0.122. The normalized spacial score (nSPS) is 21.8. The molecule has 1 unspecified atom stereocenters. The lowest BCUT2D eigenvalue weighted by Gasteiger charge is -2.47. The van der Waals surface area contributed by atoms with Crippen molar-refractivity contribution >= 4 is 5.78 Å². The quantitative estimate of drug-likeness (QED) is 0.779. The lowest BCUT2D eigenvalue weighted by Crippen LogP contribution is -2.47. The summed E-state index contributed by atoms with van der Waals surface area (Å²) in [4.78, 5) is 12.0. The minimum Gasteiger partial charge on any atom is -0.299 e. The predicted octanol–water partition coefficient (Wildman–Crippen LogP) is 4.31. The molecule has 0 aliphatic heterocycles. The van der Waals surface area contributed by atoms with Gasteiger partial charge in [0.2, 0.25) is 0 Å². The van der Waals surface area contributed by atoms with Crippen LogP contribution in [0.3, 0.4) is 0 Å². The van der Waals surface area contributed by atoms with E-state index in [9.17, 15) is 9.18 Å². The average Bonchev–Trinajstić information content (AvgIpc) is 2.34. The first kappa shape index (κ1) is 13.3. The average molecular weight is 248 g/mol. The fraction of sp³-hybridized carbons (Fsp3) is 0.562. The lowest BCUT2D eigenvalue weighted by molar-refractivity contribution is -0.141. The summed E-state index contributed by atoms with van der Waals surface area (Å²) in [6, 6.07) is 3.83. The number of aryl methyl sites for hydroxylation is 2. The molecule has 1 aromatic carbocycles. The second kappa shape index (κ2) is 4.49. The van der Waals surface area contributed by atoms with Crippen molar-refractivity contribution in [2.45, 2.75) is 52.9 Å². The van der Waals surface area contributed by atoms with Gasteiger partial charge in [-0.05, 0) is 43.4 Å². The molecule has 0 radical (unpaired) electrons. The van der Waals surface area contributed by atoms with Gasteiger partial charge in [-0.2, -0.15) is 0 Å². The van der Waals surface area contributed by atoms with Crippen molar-refractivity contribution in [2.75, 3.05) is 0 Å². The van der Waals surface area contributed by atoms with E-state index in [0.29, 0.717) is 23.3 Å². The van der Waals surface area contributed by atoms with E-state index in [1.807, 2.05) is 12.1 Å². The molecule has 1 aliphatic carbocycles. The van der Waals surface area contributed by atoms with E-state index in [4.69, 9.17) is 0 Å². The molecule has 1 aliphatic rings. The number of rotatable bonds is 3. The van der Waals surface area contributed by atoms with Crippen molar-refractivity contribution in [1.29, 1.82) is 0 Å². The summed E-state index contributed by atoms with van der Waals surface area (Å²) in [5.74, 6) is 0.526. The molecule has 1 atom stereocenters. The molecule has 1 aromatic rings. The van der Waals surface area contributed by atoms with E-state index in [1.165, 1.54) is 0 Å². The lowest BCUT2D eigenvalue weighted by atomic mass is 9.54. The number of hydrogen-bond acceptors (Lipinski definition) is 1. The zero-order valence-corrected chi connectivity index (χ0v) is 11.6. The van der Waals surface area contributed by atoms with Gasteiger partial charge in [0.1, 0.15) is 11.6 Å². The van der Waals surface area contributed by atoms with Crippen LogP contribution in [0.25, 0.3) is 0 Å². The summed E-state index contributed by atoms with van der Waals surface area (Å²) in [6.07, 6.45) is 2.37. The third-order valence-electron chi connectivity index (χ3n) is 4.73. The molecule has 0 amide bonds. The van der Waals surface area contributed by atoms with Gasteiger partial charge in [0, 0.05) is 17.8 Å². The molecule has 0 heterocycles. The summed E-state index contributed by atoms with van der Waals surface area (Å²) in [5.41, 5.74) is 2.31. The SMILES string of the molecule is CCC1(CC)C(=O)CC1c1cc(C)c(F)c(C)c1. The molecule has 18 heavy (non-hydrogen) atoms.